The number of hydrogen-bond acceptors (Lipinski definition) is 5. The number of thiazole rings is 1. The molecule has 3 aromatic rings. The van der Waals surface area contributed by atoms with Crippen LogP contribution in [0.4, 0.5) is 5.13 Å². The Balaban J connectivity index is 1.63. The van der Waals surface area contributed by atoms with Gasteiger partial charge < -0.3 is 9.47 Å². The molecule has 6 heteroatoms. The van der Waals surface area contributed by atoms with Crippen LogP contribution in [0.15, 0.2) is 60.1 Å². The molecule has 1 aliphatic rings. The summed E-state index contributed by atoms with van der Waals surface area (Å²) in [4.78, 5) is 18.9. The second kappa shape index (κ2) is 11.0. The van der Waals surface area contributed by atoms with Gasteiger partial charge in [0.25, 0.3) is 0 Å². The fraction of sp³-hybridized carbons (Fsp3) is 0.333. The molecule has 4 rings (SSSR count). The van der Waals surface area contributed by atoms with E-state index in [2.05, 4.69) is 16.8 Å². The highest BCUT2D eigenvalue weighted by Gasteiger charge is 2.23. The number of rotatable bonds is 7. The van der Waals surface area contributed by atoms with Crippen LogP contribution in [-0.2, 0) is 4.79 Å². The number of carbonyl (C=O) groups is 1. The van der Waals surface area contributed by atoms with Gasteiger partial charge in [0.2, 0.25) is 5.91 Å². The number of benzene rings is 2. The summed E-state index contributed by atoms with van der Waals surface area (Å²) in [5.74, 6) is 7.66. The number of hydrogen-bond donors (Lipinski definition) is 0. The Kier molecular flexibility index (Phi) is 7.64. The number of methoxy groups -OCH3 is 1. The first-order valence-corrected chi connectivity index (χ1v) is 12.1. The van der Waals surface area contributed by atoms with E-state index in [1.54, 1.807) is 25.3 Å². The van der Waals surface area contributed by atoms with Crippen LogP contribution in [0.5, 0.6) is 11.5 Å². The third kappa shape index (κ3) is 5.94. The molecule has 1 atom stereocenters. The third-order valence-corrected chi connectivity index (χ3v) is 6.66. The summed E-state index contributed by atoms with van der Waals surface area (Å²) < 4.78 is 11.8. The molecule has 1 aliphatic carbocycles. The third-order valence-electron chi connectivity index (χ3n) is 5.81. The van der Waals surface area contributed by atoms with Crippen molar-refractivity contribution in [3.63, 3.8) is 0 Å². The van der Waals surface area contributed by atoms with Gasteiger partial charge in [-0.15, -0.1) is 11.3 Å². The van der Waals surface area contributed by atoms with Gasteiger partial charge in [0, 0.05) is 30.6 Å². The van der Waals surface area contributed by atoms with Crippen molar-refractivity contribution in [3.05, 3.63) is 71.2 Å². The van der Waals surface area contributed by atoms with Crippen molar-refractivity contribution in [3.8, 4) is 23.3 Å². The van der Waals surface area contributed by atoms with E-state index in [0.717, 1.165) is 24.0 Å². The van der Waals surface area contributed by atoms with E-state index < -0.39 is 0 Å². The van der Waals surface area contributed by atoms with Crippen LogP contribution in [0.1, 0.15) is 49.1 Å². The molecule has 2 aromatic carbocycles. The van der Waals surface area contributed by atoms with Gasteiger partial charge in [-0.25, -0.2) is 4.98 Å². The summed E-state index contributed by atoms with van der Waals surface area (Å²) >= 11 is 1.44. The second-order valence-electron chi connectivity index (χ2n) is 8.09. The van der Waals surface area contributed by atoms with E-state index in [-0.39, 0.29) is 24.3 Å². The van der Waals surface area contributed by atoms with E-state index >= 15 is 0 Å². The van der Waals surface area contributed by atoms with Crippen LogP contribution < -0.4 is 14.4 Å². The van der Waals surface area contributed by atoms with Crippen LogP contribution in [-0.4, -0.2) is 31.2 Å². The number of aromatic nitrogens is 1. The van der Waals surface area contributed by atoms with Gasteiger partial charge in [0.1, 0.15) is 0 Å². The Labute approximate surface area is 199 Å². The summed E-state index contributed by atoms with van der Waals surface area (Å²) in [7, 11) is 3.40. The fourth-order valence-electron chi connectivity index (χ4n) is 3.93. The first-order chi connectivity index (χ1) is 16.1. The van der Waals surface area contributed by atoms with E-state index in [1.807, 2.05) is 53.9 Å². The Morgan fingerprint density at radius 2 is 1.97 bits per heavy atom. The average Bonchev–Trinajstić information content (AvgIpc) is 3.56. The highest BCUT2D eigenvalue weighted by molar-refractivity contribution is 7.13. The lowest BCUT2D eigenvalue weighted by atomic mass is 9.94. The summed E-state index contributed by atoms with van der Waals surface area (Å²) in [5, 5.41) is 2.54. The molecule has 1 saturated carbocycles. The first-order valence-electron chi connectivity index (χ1n) is 11.2. The molecule has 170 valence electrons. The zero-order valence-electron chi connectivity index (χ0n) is 19.0. The van der Waals surface area contributed by atoms with Crippen LogP contribution in [0.2, 0.25) is 0 Å². The summed E-state index contributed by atoms with van der Waals surface area (Å²) in [6.45, 7) is 0. The number of carbonyl (C=O) groups excluding carboxylic acids is 1. The molecule has 1 heterocycles. The normalized spacial score (nSPS) is 14.2. The van der Waals surface area contributed by atoms with E-state index in [9.17, 15) is 4.79 Å². The molecular formula is C27H28N2O3S. The van der Waals surface area contributed by atoms with Crippen LogP contribution in [0.3, 0.4) is 0 Å². The Morgan fingerprint density at radius 1 is 1.18 bits per heavy atom. The minimum Gasteiger partial charge on any atom is -0.493 e. The van der Waals surface area contributed by atoms with Gasteiger partial charge in [-0.2, -0.15) is 0 Å². The molecular weight excluding hydrogens is 432 g/mol. The van der Waals surface area contributed by atoms with E-state index in [1.165, 1.54) is 24.2 Å². The van der Waals surface area contributed by atoms with Crippen molar-refractivity contribution >= 4 is 22.4 Å². The number of amides is 1. The molecule has 5 nitrogen and oxygen atoms in total. The summed E-state index contributed by atoms with van der Waals surface area (Å²) in [5.41, 5.74) is 1.85. The van der Waals surface area contributed by atoms with Crippen LogP contribution in [0, 0.1) is 11.8 Å². The quantitative estimate of drug-likeness (QED) is 0.427. The van der Waals surface area contributed by atoms with Crippen molar-refractivity contribution in [1.29, 1.82) is 0 Å². The maximum absolute atomic E-state index is 13.1. The van der Waals surface area contributed by atoms with Crippen molar-refractivity contribution in [2.24, 2.45) is 0 Å². The lowest BCUT2D eigenvalue weighted by molar-refractivity contribution is -0.118. The molecule has 0 spiro atoms. The van der Waals surface area contributed by atoms with Crippen molar-refractivity contribution in [1.82, 2.24) is 4.98 Å². The average molecular weight is 461 g/mol. The number of nitrogens with zero attached hydrogens (tertiary/aromatic N) is 2. The molecule has 33 heavy (non-hydrogen) atoms. The zero-order valence-corrected chi connectivity index (χ0v) is 19.8. The van der Waals surface area contributed by atoms with E-state index in [0.29, 0.717) is 16.6 Å². The molecule has 0 bridgehead atoms. The predicted octanol–water partition coefficient (Wildman–Crippen LogP) is 5.66. The van der Waals surface area contributed by atoms with Gasteiger partial charge in [0.05, 0.1) is 19.1 Å². The maximum atomic E-state index is 13.1. The minimum absolute atomic E-state index is 0.0357. The monoisotopic (exact) mass is 460 g/mol. The second-order valence-corrected chi connectivity index (χ2v) is 8.97. The molecule has 0 N–H and O–H groups in total. The summed E-state index contributed by atoms with van der Waals surface area (Å²) in [6, 6.07) is 15.7. The lowest BCUT2D eigenvalue weighted by Gasteiger charge is -2.20. The Morgan fingerprint density at radius 3 is 2.67 bits per heavy atom. The predicted molar refractivity (Wildman–Crippen MR) is 132 cm³/mol. The standard InChI is InChI=1S/C27H28N2O3S/c1-29(27-28-16-17-33-27)26(30)19-22(13-12-20-8-4-3-5-9-20)21-14-15-24(31-2)25(18-21)32-23-10-6-7-11-23/h3-5,8-9,14-18,22-23H,6-7,10-11,19H2,1-2H3. The topological polar surface area (TPSA) is 51.7 Å². The first kappa shape index (κ1) is 22.9. The van der Waals surface area contributed by atoms with Crippen LogP contribution >= 0.6 is 11.3 Å². The molecule has 1 amide bonds. The SMILES string of the molecule is COc1ccc(C(C#Cc2ccccc2)CC(=O)N(C)c2nccs2)cc1OC1CCCC1. The smallest absolute Gasteiger partial charge is 0.230 e. The molecule has 0 saturated heterocycles. The Bertz CT molecular complexity index is 1110. The molecule has 1 unspecified atom stereocenters. The maximum Gasteiger partial charge on any atom is 0.230 e. The van der Waals surface area contributed by atoms with Gasteiger partial charge in [-0.05, 0) is 55.5 Å². The van der Waals surface area contributed by atoms with Gasteiger partial charge >= 0.3 is 0 Å². The van der Waals surface area contributed by atoms with Crippen molar-refractivity contribution in [2.75, 3.05) is 19.1 Å². The fourth-order valence-corrected chi connectivity index (χ4v) is 4.56. The highest BCUT2D eigenvalue weighted by Crippen LogP contribution is 2.35. The molecule has 0 aliphatic heterocycles. The Hall–Kier alpha value is -3.30. The number of anilines is 1. The molecule has 1 fully saturated rings. The molecule has 1 aromatic heterocycles. The highest BCUT2D eigenvalue weighted by atomic mass is 32.1. The van der Waals surface area contributed by atoms with E-state index in [4.69, 9.17) is 9.47 Å². The van der Waals surface area contributed by atoms with Gasteiger partial charge in [0.15, 0.2) is 16.6 Å². The zero-order chi connectivity index (χ0) is 23.0. The largest absolute Gasteiger partial charge is 0.493 e. The van der Waals surface area contributed by atoms with Crippen LogP contribution in [0.25, 0.3) is 0 Å². The van der Waals surface area contributed by atoms with Crippen molar-refractivity contribution < 1.29 is 14.3 Å². The lowest BCUT2D eigenvalue weighted by Crippen LogP contribution is -2.27. The van der Waals surface area contributed by atoms with Crippen molar-refractivity contribution in [2.45, 2.75) is 44.1 Å². The van der Waals surface area contributed by atoms with Gasteiger partial charge in [-0.3, -0.25) is 9.69 Å². The minimum atomic E-state index is -0.294. The summed E-state index contributed by atoms with van der Waals surface area (Å²) in [6.07, 6.45) is 6.65. The number of ether oxygens (including phenoxy) is 2. The molecule has 0 radical (unpaired) electrons. The van der Waals surface area contributed by atoms with Gasteiger partial charge in [-0.1, -0.05) is 36.1 Å².